The number of hydrogen-bond acceptors (Lipinski definition) is 4. The molecule has 0 saturated heterocycles. The molecule has 2 aromatic rings. The van der Waals surface area contributed by atoms with Crippen LogP contribution in [0.15, 0.2) is 30.6 Å². The molecule has 18 heavy (non-hydrogen) atoms. The van der Waals surface area contributed by atoms with Gasteiger partial charge in [0, 0.05) is 29.2 Å². The van der Waals surface area contributed by atoms with Crippen LogP contribution in [0.5, 0.6) is 5.88 Å². The second-order valence-corrected chi connectivity index (χ2v) is 3.64. The second-order valence-electron chi connectivity index (χ2n) is 3.64. The molecule has 6 heteroatoms. The lowest BCUT2D eigenvalue weighted by molar-refractivity contribution is -0.0523. The molecule has 0 unspecified atom stereocenters. The Balaban J connectivity index is 2.43. The van der Waals surface area contributed by atoms with Gasteiger partial charge in [-0.05, 0) is 19.1 Å². The van der Waals surface area contributed by atoms with Crippen molar-refractivity contribution in [1.82, 2.24) is 9.97 Å². The predicted molar refractivity (Wildman–Crippen MR) is 63.2 cm³/mol. The first-order valence-corrected chi connectivity index (χ1v) is 5.20. The Bertz CT molecular complexity index is 547. The maximum absolute atomic E-state index is 12.1. The highest BCUT2D eigenvalue weighted by Gasteiger charge is 2.13. The van der Waals surface area contributed by atoms with Crippen molar-refractivity contribution in [2.45, 2.75) is 13.5 Å². The first kappa shape index (κ1) is 12.2. The van der Waals surface area contributed by atoms with Gasteiger partial charge in [-0.1, -0.05) is 6.07 Å². The summed E-state index contributed by atoms with van der Waals surface area (Å²) in [5.41, 5.74) is 7.81. The number of nitrogen functional groups attached to an aromatic ring is 1. The average molecular weight is 251 g/mol. The summed E-state index contributed by atoms with van der Waals surface area (Å²) in [6.07, 6.45) is 3.29. The van der Waals surface area contributed by atoms with Gasteiger partial charge in [0.1, 0.15) is 0 Å². The summed E-state index contributed by atoms with van der Waals surface area (Å²) in [5.74, 6) is -0.254. The Morgan fingerprint density at radius 2 is 2.17 bits per heavy atom. The number of aryl methyl sites for hydroxylation is 1. The van der Waals surface area contributed by atoms with E-state index in [2.05, 4.69) is 14.7 Å². The molecule has 2 aromatic heterocycles. The Morgan fingerprint density at radius 1 is 1.39 bits per heavy atom. The van der Waals surface area contributed by atoms with Crippen LogP contribution in [0.3, 0.4) is 0 Å². The summed E-state index contributed by atoms with van der Waals surface area (Å²) >= 11 is 0. The molecule has 0 bridgehead atoms. The third kappa shape index (κ3) is 2.53. The molecule has 0 radical (unpaired) electrons. The lowest BCUT2D eigenvalue weighted by Crippen LogP contribution is -2.07. The summed E-state index contributed by atoms with van der Waals surface area (Å²) in [7, 11) is 0. The van der Waals surface area contributed by atoms with Gasteiger partial charge in [0.05, 0.1) is 5.69 Å². The van der Waals surface area contributed by atoms with E-state index < -0.39 is 6.61 Å². The van der Waals surface area contributed by atoms with Crippen LogP contribution in [0.4, 0.5) is 14.5 Å². The third-order valence-electron chi connectivity index (χ3n) is 2.38. The van der Waals surface area contributed by atoms with Gasteiger partial charge >= 0.3 is 6.61 Å². The molecule has 4 nitrogen and oxygen atoms in total. The molecule has 0 amide bonds. The number of aromatic nitrogens is 2. The maximum Gasteiger partial charge on any atom is 0.388 e. The minimum absolute atomic E-state index is 0.0692. The van der Waals surface area contributed by atoms with Crippen molar-refractivity contribution in [2.75, 3.05) is 5.73 Å². The van der Waals surface area contributed by atoms with Gasteiger partial charge in [0.25, 0.3) is 0 Å². The molecule has 0 atom stereocenters. The summed E-state index contributed by atoms with van der Waals surface area (Å²) in [5, 5.41) is 0. The number of anilines is 1. The molecule has 0 aliphatic heterocycles. The van der Waals surface area contributed by atoms with E-state index in [0.717, 1.165) is 11.1 Å². The normalized spacial score (nSPS) is 10.7. The van der Waals surface area contributed by atoms with E-state index in [4.69, 9.17) is 5.73 Å². The van der Waals surface area contributed by atoms with Crippen molar-refractivity contribution >= 4 is 5.69 Å². The Hall–Kier alpha value is -2.24. The van der Waals surface area contributed by atoms with E-state index in [0.29, 0.717) is 5.69 Å². The monoisotopic (exact) mass is 251 g/mol. The fraction of sp³-hybridized carbons (Fsp3) is 0.167. The van der Waals surface area contributed by atoms with Crippen LogP contribution in [0.1, 0.15) is 5.69 Å². The number of ether oxygens (including phenoxy) is 1. The Kier molecular flexibility index (Phi) is 3.36. The molecule has 0 fully saturated rings. The lowest BCUT2D eigenvalue weighted by atomic mass is 10.1. The lowest BCUT2D eigenvalue weighted by Gasteiger charge is -2.11. The largest absolute Gasteiger partial charge is 0.415 e. The topological polar surface area (TPSA) is 61.0 Å². The number of pyridine rings is 2. The Labute approximate surface area is 102 Å². The minimum Gasteiger partial charge on any atom is -0.415 e. The summed E-state index contributed by atoms with van der Waals surface area (Å²) in [4.78, 5) is 7.92. The SMILES string of the molecule is Cc1nc(OC(F)F)c(N)cc1-c1cccnc1. The van der Waals surface area contributed by atoms with E-state index in [-0.39, 0.29) is 11.6 Å². The van der Waals surface area contributed by atoms with E-state index in [1.807, 2.05) is 6.07 Å². The van der Waals surface area contributed by atoms with Crippen molar-refractivity contribution in [1.29, 1.82) is 0 Å². The fourth-order valence-electron chi connectivity index (χ4n) is 1.59. The van der Waals surface area contributed by atoms with Crippen LogP contribution < -0.4 is 10.5 Å². The smallest absolute Gasteiger partial charge is 0.388 e. The third-order valence-corrected chi connectivity index (χ3v) is 2.38. The molecule has 0 spiro atoms. The van der Waals surface area contributed by atoms with Crippen LogP contribution in [0, 0.1) is 6.92 Å². The first-order chi connectivity index (χ1) is 8.58. The van der Waals surface area contributed by atoms with Gasteiger partial charge in [0.15, 0.2) is 0 Å². The minimum atomic E-state index is -2.94. The number of rotatable bonds is 3. The number of halogens is 2. The zero-order valence-corrected chi connectivity index (χ0v) is 9.60. The molecular formula is C12H11F2N3O. The predicted octanol–water partition coefficient (Wildman–Crippen LogP) is 2.64. The summed E-state index contributed by atoms with van der Waals surface area (Å²) in [6, 6.07) is 5.16. The van der Waals surface area contributed by atoms with Gasteiger partial charge in [-0.3, -0.25) is 4.98 Å². The quantitative estimate of drug-likeness (QED) is 0.910. The maximum atomic E-state index is 12.1. The van der Waals surface area contributed by atoms with E-state index in [1.54, 1.807) is 31.5 Å². The molecular weight excluding hydrogens is 240 g/mol. The number of nitrogens with zero attached hydrogens (tertiary/aromatic N) is 2. The zero-order valence-electron chi connectivity index (χ0n) is 9.60. The van der Waals surface area contributed by atoms with Crippen molar-refractivity contribution < 1.29 is 13.5 Å². The van der Waals surface area contributed by atoms with Gasteiger partial charge in [-0.2, -0.15) is 8.78 Å². The van der Waals surface area contributed by atoms with Gasteiger partial charge in [0.2, 0.25) is 5.88 Å². The molecule has 0 aromatic carbocycles. The molecule has 0 saturated carbocycles. The van der Waals surface area contributed by atoms with Crippen LogP contribution in [-0.2, 0) is 0 Å². The number of hydrogen-bond donors (Lipinski definition) is 1. The fourth-order valence-corrected chi connectivity index (χ4v) is 1.59. The standard InChI is InChI=1S/C12H11F2N3O/c1-7-9(8-3-2-4-16-6-8)5-10(15)11(17-7)18-12(13)14/h2-6,12H,15H2,1H3. The molecule has 2 N–H and O–H groups in total. The molecule has 2 heterocycles. The Morgan fingerprint density at radius 3 is 2.78 bits per heavy atom. The summed E-state index contributed by atoms with van der Waals surface area (Å²) in [6.45, 7) is -1.25. The molecule has 0 aliphatic carbocycles. The zero-order chi connectivity index (χ0) is 13.1. The second kappa shape index (κ2) is 4.95. The molecule has 94 valence electrons. The van der Waals surface area contributed by atoms with Crippen LogP contribution in [0.2, 0.25) is 0 Å². The van der Waals surface area contributed by atoms with Crippen molar-refractivity contribution in [3.05, 3.63) is 36.3 Å². The van der Waals surface area contributed by atoms with E-state index in [9.17, 15) is 8.78 Å². The van der Waals surface area contributed by atoms with Crippen molar-refractivity contribution in [3.63, 3.8) is 0 Å². The van der Waals surface area contributed by atoms with Gasteiger partial charge in [-0.15, -0.1) is 0 Å². The first-order valence-electron chi connectivity index (χ1n) is 5.20. The number of nitrogens with two attached hydrogens (primary N) is 1. The number of alkyl halides is 2. The van der Waals surface area contributed by atoms with Crippen LogP contribution in [0.25, 0.3) is 11.1 Å². The van der Waals surface area contributed by atoms with Gasteiger partial charge < -0.3 is 10.5 Å². The highest BCUT2D eigenvalue weighted by molar-refractivity contribution is 5.70. The van der Waals surface area contributed by atoms with Gasteiger partial charge in [-0.25, -0.2) is 4.98 Å². The van der Waals surface area contributed by atoms with Crippen LogP contribution >= 0.6 is 0 Å². The molecule has 2 rings (SSSR count). The molecule has 0 aliphatic rings. The average Bonchev–Trinajstić information content (AvgIpc) is 2.34. The van der Waals surface area contributed by atoms with E-state index >= 15 is 0 Å². The highest BCUT2D eigenvalue weighted by Crippen LogP contribution is 2.29. The highest BCUT2D eigenvalue weighted by atomic mass is 19.3. The van der Waals surface area contributed by atoms with Crippen molar-refractivity contribution in [2.24, 2.45) is 0 Å². The van der Waals surface area contributed by atoms with E-state index in [1.165, 1.54) is 0 Å². The van der Waals surface area contributed by atoms with Crippen molar-refractivity contribution in [3.8, 4) is 17.0 Å². The summed E-state index contributed by atoms with van der Waals surface area (Å²) < 4.78 is 28.5. The van der Waals surface area contributed by atoms with Crippen LogP contribution in [-0.4, -0.2) is 16.6 Å².